The molecule has 0 bridgehead atoms. The third kappa shape index (κ3) is 5.58. The van der Waals surface area contributed by atoms with Crippen molar-refractivity contribution in [1.82, 2.24) is 0 Å². The van der Waals surface area contributed by atoms with E-state index in [1.807, 2.05) is 0 Å². The number of hydrogen-bond acceptors (Lipinski definition) is 2. The van der Waals surface area contributed by atoms with Crippen LogP contribution in [0.25, 0.3) is 0 Å². The van der Waals surface area contributed by atoms with E-state index in [1.54, 1.807) is 6.92 Å². The molecule has 0 aromatic heterocycles. The molecule has 1 aromatic carbocycles. The van der Waals surface area contributed by atoms with Gasteiger partial charge in [0, 0.05) is 7.11 Å². The molecule has 0 amide bonds. The Morgan fingerprint density at radius 3 is 2.39 bits per heavy atom. The van der Waals surface area contributed by atoms with Crippen molar-refractivity contribution in [2.24, 2.45) is 0 Å². The van der Waals surface area contributed by atoms with Gasteiger partial charge in [0.05, 0.1) is 11.9 Å². The minimum Gasteiger partial charge on any atom is -0.494 e. The molecule has 1 unspecified atom stereocenters. The Balaban J connectivity index is 0.00000289. The van der Waals surface area contributed by atoms with Crippen LogP contribution in [0.15, 0.2) is 18.2 Å². The molecular weight excluding hydrogens is 278 g/mol. The predicted molar refractivity (Wildman–Crippen MR) is 57.1 cm³/mol. The van der Waals surface area contributed by atoms with E-state index in [9.17, 15) is 17.3 Å². The SMILES string of the molecule is COC(C)COc1ccc(F)cc1[B-](F)(F)F.[K+]. The van der Waals surface area contributed by atoms with Crippen LogP contribution in [0.4, 0.5) is 17.3 Å². The van der Waals surface area contributed by atoms with E-state index in [-0.39, 0.29) is 69.8 Å². The van der Waals surface area contributed by atoms with Crippen LogP contribution in [-0.2, 0) is 4.74 Å². The van der Waals surface area contributed by atoms with Gasteiger partial charge >= 0.3 is 58.4 Å². The first-order chi connectivity index (χ1) is 7.84. The van der Waals surface area contributed by atoms with Crippen LogP contribution < -0.4 is 61.6 Å². The second-order valence-corrected chi connectivity index (χ2v) is 3.61. The van der Waals surface area contributed by atoms with Crippen molar-refractivity contribution in [2.45, 2.75) is 13.0 Å². The van der Waals surface area contributed by atoms with Gasteiger partial charge in [-0.25, -0.2) is 4.39 Å². The molecule has 0 heterocycles. The molecule has 0 aliphatic heterocycles. The first-order valence-corrected chi connectivity index (χ1v) is 4.99. The first kappa shape index (κ1) is 18.4. The van der Waals surface area contributed by atoms with Crippen molar-refractivity contribution in [3.63, 3.8) is 0 Å². The van der Waals surface area contributed by atoms with Crippen LogP contribution >= 0.6 is 0 Å². The zero-order chi connectivity index (χ0) is 13.1. The maximum Gasteiger partial charge on any atom is 1.00 e. The number of rotatable bonds is 5. The van der Waals surface area contributed by atoms with Crippen LogP contribution in [0.3, 0.4) is 0 Å². The first-order valence-electron chi connectivity index (χ1n) is 4.99. The molecule has 1 atom stereocenters. The number of halogens is 4. The largest absolute Gasteiger partial charge is 1.00 e. The second kappa shape index (κ2) is 7.86. The number of methoxy groups -OCH3 is 1. The van der Waals surface area contributed by atoms with Gasteiger partial charge in [-0.2, -0.15) is 0 Å². The molecule has 0 saturated carbocycles. The van der Waals surface area contributed by atoms with Gasteiger partial charge in [-0.05, 0) is 25.1 Å². The average molecular weight is 290 g/mol. The van der Waals surface area contributed by atoms with Gasteiger partial charge in [-0.15, -0.1) is 0 Å². The Kier molecular flexibility index (Phi) is 8.04. The van der Waals surface area contributed by atoms with E-state index in [4.69, 9.17) is 9.47 Å². The number of benzene rings is 1. The monoisotopic (exact) mass is 290 g/mol. The third-order valence-electron chi connectivity index (χ3n) is 2.20. The smallest absolute Gasteiger partial charge is 0.494 e. The molecule has 1 rings (SSSR count). The molecule has 0 N–H and O–H groups in total. The van der Waals surface area contributed by atoms with E-state index in [1.165, 1.54) is 7.11 Å². The van der Waals surface area contributed by atoms with Crippen molar-refractivity contribution in [2.75, 3.05) is 13.7 Å². The van der Waals surface area contributed by atoms with Crippen molar-refractivity contribution in [3.05, 3.63) is 24.0 Å². The van der Waals surface area contributed by atoms with Crippen LogP contribution in [0.5, 0.6) is 5.75 Å². The molecule has 96 valence electrons. The summed E-state index contributed by atoms with van der Waals surface area (Å²) in [4.78, 5) is 0. The fourth-order valence-corrected chi connectivity index (χ4v) is 1.18. The fourth-order valence-electron chi connectivity index (χ4n) is 1.18. The van der Waals surface area contributed by atoms with Crippen molar-refractivity contribution in [1.29, 1.82) is 0 Å². The quantitative estimate of drug-likeness (QED) is 0.527. The van der Waals surface area contributed by atoms with E-state index >= 15 is 0 Å². The van der Waals surface area contributed by atoms with Crippen LogP contribution in [-0.4, -0.2) is 26.8 Å². The van der Waals surface area contributed by atoms with Crippen molar-refractivity contribution in [3.8, 4) is 5.75 Å². The van der Waals surface area contributed by atoms with E-state index in [0.29, 0.717) is 6.07 Å². The molecule has 0 saturated heterocycles. The molecule has 0 aliphatic carbocycles. The number of ether oxygens (including phenoxy) is 2. The van der Waals surface area contributed by atoms with E-state index in [2.05, 4.69) is 0 Å². The van der Waals surface area contributed by atoms with Crippen LogP contribution in [0, 0.1) is 5.82 Å². The zero-order valence-corrected chi connectivity index (χ0v) is 13.5. The molecule has 18 heavy (non-hydrogen) atoms. The summed E-state index contributed by atoms with van der Waals surface area (Å²) >= 11 is 0. The molecule has 0 fully saturated rings. The molecule has 8 heteroatoms. The van der Waals surface area contributed by atoms with Gasteiger partial charge in [0.2, 0.25) is 0 Å². The van der Waals surface area contributed by atoms with Gasteiger partial charge in [0.25, 0.3) is 0 Å². The van der Waals surface area contributed by atoms with E-state index < -0.39 is 18.3 Å². The zero-order valence-electron chi connectivity index (χ0n) is 10.4. The van der Waals surface area contributed by atoms with Gasteiger partial charge in [0.15, 0.2) is 0 Å². The Bertz CT molecular complexity index is 387. The maximum absolute atomic E-state index is 12.8. The summed E-state index contributed by atoms with van der Waals surface area (Å²) < 4.78 is 60.5. The van der Waals surface area contributed by atoms with Gasteiger partial charge < -0.3 is 22.4 Å². The van der Waals surface area contributed by atoms with Gasteiger partial charge in [-0.1, -0.05) is 5.46 Å². The Labute approximate surface area is 146 Å². The summed E-state index contributed by atoms with van der Waals surface area (Å²) in [5.41, 5.74) is -1.06. The van der Waals surface area contributed by atoms with Gasteiger partial charge in [0.1, 0.15) is 12.4 Å². The summed E-state index contributed by atoms with van der Waals surface area (Å²) in [5, 5.41) is 0. The summed E-state index contributed by atoms with van der Waals surface area (Å²) in [7, 11) is 1.42. The third-order valence-corrected chi connectivity index (χ3v) is 2.20. The minimum absolute atomic E-state index is 0. The maximum atomic E-state index is 12.8. The Hall–Kier alpha value is 0.401. The Morgan fingerprint density at radius 2 is 1.89 bits per heavy atom. The predicted octanol–water partition coefficient (Wildman–Crippen LogP) is -0.702. The van der Waals surface area contributed by atoms with Crippen molar-refractivity contribution >= 4 is 12.4 Å². The standard InChI is InChI=1S/C10H12BF4O2.K/c1-7(16-2)6-17-10-4-3-8(12)5-9(10)11(13,14)15;/h3-5,7H,6H2,1-2H3;/q-1;+1. The summed E-state index contributed by atoms with van der Waals surface area (Å²) in [6.07, 6.45) is -0.339. The molecule has 0 aliphatic rings. The van der Waals surface area contributed by atoms with Crippen LogP contribution in [0.2, 0.25) is 0 Å². The average Bonchev–Trinajstić information content (AvgIpc) is 2.25. The second-order valence-electron chi connectivity index (χ2n) is 3.61. The molecule has 1 aromatic rings. The van der Waals surface area contributed by atoms with E-state index in [0.717, 1.165) is 12.1 Å². The summed E-state index contributed by atoms with van der Waals surface area (Å²) in [5.74, 6) is -1.31. The molecule has 0 spiro atoms. The normalized spacial score (nSPS) is 12.8. The van der Waals surface area contributed by atoms with Crippen LogP contribution in [0.1, 0.15) is 6.92 Å². The van der Waals surface area contributed by atoms with Crippen molar-refractivity contribution < 1.29 is 78.2 Å². The summed E-state index contributed by atoms with van der Waals surface area (Å²) in [6, 6.07) is 2.34. The molecule has 2 nitrogen and oxygen atoms in total. The fraction of sp³-hybridized carbons (Fsp3) is 0.400. The topological polar surface area (TPSA) is 18.5 Å². The molecular formula is C10H12BF4KO2. The summed E-state index contributed by atoms with van der Waals surface area (Å²) in [6.45, 7) is -3.67. The Morgan fingerprint density at radius 1 is 1.28 bits per heavy atom. The molecule has 0 radical (unpaired) electrons. The minimum atomic E-state index is -5.30. The number of hydrogen-bond donors (Lipinski definition) is 0. The van der Waals surface area contributed by atoms with Gasteiger partial charge in [-0.3, -0.25) is 0 Å².